The monoisotopic (exact) mass is 522 g/mol. The van der Waals surface area contributed by atoms with Gasteiger partial charge in [-0.1, -0.05) is 18.2 Å². The van der Waals surface area contributed by atoms with Crippen molar-refractivity contribution < 1.29 is 47.6 Å². The number of ketones is 1. The standard InChI is InChI=1S/C28H26O10/c1-15(29)36-19-10-7-18(8-11-19)9-12-21(32)23-26(37-16(2)30)20-6-5-13-34-25(20)24-27(38-17(3)31)22(33-4)14-35-28(23)24/h5-12,22,27H,13-14H2,1-4H3/b12-9+/t22-,27-/m1/s1. The third-order valence-electron chi connectivity index (χ3n) is 5.71. The van der Waals surface area contributed by atoms with Crippen molar-refractivity contribution in [1.82, 2.24) is 0 Å². The van der Waals surface area contributed by atoms with Crippen molar-refractivity contribution in [2.75, 3.05) is 20.3 Å². The number of rotatable bonds is 7. The first-order valence-electron chi connectivity index (χ1n) is 11.7. The maximum absolute atomic E-state index is 13.6. The molecule has 0 amide bonds. The second kappa shape index (κ2) is 11.3. The predicted octanol–water partition coefficient (Wildman–Crippen LogP) is 3.85. The van der Waals surface area contributed by atoms with Crippen molar-refractivity contribution in [3.63, 3.8) is 0 Å². The largest absolute Gasteiger partial charge is 0.489 e. The summed E-state index contributed by atoms with van der Waals surface area (Å²) in [5.41, 5.74) is 1.28. The van der Waals surface area contributed by atoms with Crippen molar-refractivity contribution in [3.05, 3.63) is 58.7 Å². The van der Waals surface area contributed by atoms with E-state index in [1.165, 1.54) is 34.0 Å². The Morgan fingerprint density at radius 1 is 0.921 bits per heavy atom. The van der Waals surface area contributed by atoms with Crippen LogP contribution in [0.1, 0.15) is 53.9 Å². The molecule has 2 aromatic rings. The molecule has 0 bridgehead atoms. The molecule has 10 heteroatoms. The second-order valence-corrected chi connectivity index (χ2v) is 8.47. The molecule has 10 nitrogen and oxygen atoms in total. The number of hydrogen-bond donors (Lipinski definition) is 0. The lowest BCUT2D eigenvalue weighted by molar-refractivity contribution is -0.158. The van der Waals surface area contributed by atoms with Crippen LogP contribution in [0.4, 0.5) is 0 Å². The average Bonchev–Trinajstić information content (AvgIpc) is 2.87. The number of benzene rings is 2. The van der Waals surface area contributed by atoms with Gasteiger partial charge in [0, 0.05) is 27.9 Å². The van der Waals surface area contributed by atoms with E-state index in [4.69, 9.17) is 28.4 Å². The minimum absolute atomic E-state index is 0.0245. The van der Waals surface area contributed by atoms with Gasteiger partial charge in [0.2, 0.25) is 0 Å². The molecule has 2 aliphatic heterocycles. The van der Waals surface area contributed by atoms with E-state index in [0.717, 1.165) is 0 Å². The molecule has 0 saturated heterocycles. The van der Waals surface area contributed by atoms with Crippen LogP contribution in [-0.4, -0.2) is 50.1 Å². The fourth-order valence-electron chi connectivity index (χ4n) is 4.22. The SMILES string of the molecule is CO[C@@H]1COc2c(C(=O)/C=C/c3ccc(OC(C)=O)cc3)c(OC(C)=O)c3c(c2[C@@H]1OC(C)=O)OCC=C3. The highest BCUT2D eigenvalue weighted by atomic mass is 16.6. The van der Waals surface area contributed by atoms with Crippen molar-refractivity contribution in [1.29, 1.82) is 0 Å². The Hall–Kier alpha value is -4.44. The number of methoxy groups -OCH3 is 1. The Morgan fingerprint density at radius 3 is 2.26 bits per heavy atom. The highest BCUT2D eigenvalue weighted by Gasteiger charge is 2.42. The zero-order valence-electron chi connectivity index (χ0n) is 21.3. The number of hydrogen-bond acceptors (Lipinski definition) is 10. The van der Waals surface area contributed by atoms with Gasteiger partial charge in [0.15, 0.2) is 17.6 Å². The summed E-state index contributed by atoms with van der Waals surface area (Å²) in [6.45, 7) is 3.97. The topological polar surface area (TPSA) is 124 Å². The zero-order chi connectivity index (χ0) is 27.4. The molecule has 0 N–H and O–H groups in total. The molecule has 198 valence electrons. The molecular weight excluding hydrogens is 496 g/mol. The Morgan fingerprint density at radius 2 is 1.63 bits per heavy atom. The summed E-state index contributed by atoms with van der Waals surface area (Å²) in [5, 5.41) is 0. The van der Waals surface area contributed by atoms with E-state index in [0.29, 0.717) is 22.4 Å². The minimum Gasteiger partial charge on any atom is -0.489 e. The molecule has 0 aliphatic carbocycles. The molecule has 0 radical (unpaired) electrons. The summed E-state index contributed by atoms with van der Waals surface area (Å²) in [4.78, 5) is 48.8. The minimum atomic E-state index is -0.933. The number of allylic oxidation sites excluding steroid dienone is 1. The fourth-order valence-corrected chi connectivity index (χ4v) is 4.22. The highest BCUT2D eigenvalue weighted by molar-refractivity contribution is 6.12. The van der Waals surface area contributed by atoms with Crippen LogP contribution >= 0.6 is 0 Å². The molecule has 38 heavy (non-hydrogen) atoms. The van der Waals surface area contributed by atoms with E-state index in [-0.39, 0.29) is 36.0 Å². The highest BCUT2D eigenvalue weighted by Crippen LogP contribution is 2.52. The molecule has 2 aromatic carbocycles. The Balaban J connectivity index is 1.85. The smallest absolute Gasteiger partial charge is 0.308 e. The molecule has 0 fully saturated rings. The van der Waals surface area contributed by atoms with Crippen LogP contribution in [0.2, 0.25) is 0 Å². The summed E-state index contributed by atoms with van der Waals surface area (Å²) in [6, 6.07) is 6.53. The van der Waals surface area contributed by atoms with E-state index in [1.807, 2.05) is 0 Å². The van der Waals surface area contributed by atoms with Crippen LogP contribution in [0.15, 0.2) is 36.4 Å². The van der Waals surface area contributed by atoms with Crippen molar-refractivity contribution in [2.45, 2.75) is 33.0 Å². The lowest BCUT2D eigenvalue weighted by Gasteiger charge is -2.35. The molecule has 0 aromatic heterocycles. The number of carbonyl (C=O) groups is 4. The Labute approximate surface area is 218 Å². The van der Waals surface area contributed by atoms with Crippen LogP contribution in [0.25, 0.3) is 12.2 Å². The molecule has 0 unspecified atom stereocenters. The maximum Gasteiger partial charge on any atom is 0.308 e. The van der Waals surface area contributed by atoms with Gasteiger partial charge < -0.3 is 28.4 Å². The first-order valence-corrected chi connectivity index (χ1v) is 11.7. The van der Waals surface area contributed by atoms with Gasteiger partial charge in [-0.3, -0.25) is 19.2 Å². The molecule has 0 saturated carbocycles. The number of ether oxygens (including phenoxy) is 6. The van der Waals surface area contributed by atoms with Gasteiger partial charge >= 0.3 is 17.9 Å². The van der Waals surface area contributed by atoms with Crippen LogP contribution < -0.4 is 18.9 Å². The van der Waals surface area contributed by atoms with Gasteiger partial charge in [-0.25, -0.2) is 0 Å². The Kier molecular flexibility index (Phi) is 7.92. The predicted molar refractivity (Wildman–Crippen MR) is 134 cm³/mol. The summed E-state index contributed by atoms with van der Waals surface area (Å²) in [7, 11) is 1.46. The van der Waals surface area contributed by atoms with E-state index in [9.17, 15) is 19.2 Å². The van der Waals surface area contributed by atoms with Crippen molar-refractivity contribution in [2.24, 2.45) is 0 Å². The van der Waals surface area contributed by atoms with Crippen LogP contribution in [0.5, 0.6) is 23.0 Å². The Bertz CT molecular complexity index is 1340. The molecule has 2 atom stereocenters. The molecule has 0 spiro atoms. The summed E-state index contributed by atoms with van der Waals surface area (Å²) < 4.78 is 33.5. The third-order valence-corrected chi connectivity index (χ3v) is 5.71. The fraction of sp³-hybridized carbons (Fsp3) is 0.286. The molecule has 4 rings (SSSR count). The van der Waals surface area contributed by atoms with Gasteiger partial charge in [-0.2, -0.15) is 0 Å². The van der Waals surface area contributed by atoms with E-state index < -0.39 is 35.9 Å². The number of carbonyl (C=O) groups excluding carboxylic acids is 4. The van der Waals surface area contributed by atoms with Gasteiger partial charge in [0.1, 0.15) is 42.1 Å². The van der Waals surface area contributed by atoms with E-state index >= 15 is 0 Å². The summed E-state index contributed by atoms with van der Waals surface area (Å²) in [5.74, 6) is -1.49. The summed E-state index contributed by atoms with van der Waals surface area (Å²) >= 11 is 0. The molecule has 2 aliphatic rings. The van der Waals surface area contributed by atoms with E-state index in [2.05, 4.69) is 0 Å². The first-order chi connectivity index (χ1) is 18.2. The van der Waals surface area contributed by atoms with Gasteiger partial charge in [0.25, 0.3) is 0 Å². The van der Waals surface area contributed by atoms with Gasteiger partial charge in [0.05, 0.1) is 11.1 Å². The van der Waals surface area contributed by atoms with Crippen LogP contribution in [-0.2, 0) is 23.9 Å². The van der Waals surface area contributed by atoms with Crippen molar-refractivity contribution in [3.8, 4) is 23.0 Å². The lowest BCUT2D eigenvalue weighted by atomic mass is 9.90. The number of esters is 3. The average molecular weight is 523 g/mol. The normalized spacial score (nSPS) is 17.5. The number of fused-ring (bicyclic) bond motifs is 3. The van der Waals surface area contributed by atoms with Gasteiger partial charge in [-0.15, -0.1) is 0 Å². The van der Waals surface area contributed by atoms with Crippen LogP contribution in [0.3, 0.4) is 0 Å². The van der Waals surface area contributed by atoms with Crippen LogP contribution in [0, 0.1) is 0 Å². The molecule has 2 heterocycles. The quantitative estimate of drug-likeness (QED) is 0.229. The molecular formula is C28H26O10. The third kappa shape index (κ3) is 5.60. The maximum atomic E-state index is 13.6. The zero-order valence-corrected chi connectivity index (χ0v) is 21.3. The van der Waals surface area contributed by atoms with Crippen molar-refractivity contribution >= 4 is 35.8 Å². The lowest BCUT2D eigenvalue weighted by Crippen LogP contribution is -2.36. The first kappa shape index (κ1) is 26.6. The van der Waals surface area contributed by atoms with E-state index in [1.54, 1.807) is 42.5 Å². The second-order valence-electron chi connectivity index (χ2n) is 8.47. The van der Waals surface area contributed by atoms with Gasteiger partial charge in [-0.05, 0) is 35.9 Å². The summed E-state index contributed by atoms with van der Waals surface area (Å²) in [6.07, 6.45) is 4.63.